The summed E-state index contributed by atoms with van der Waals surface area (Å²) in [6.45, 7) is 4.91. The predicted octanol–water partition coefficient (Wildman–Crippen LogP) is 5.14. The zero-order valence-electron chi connectivity index (χ0n) is 20.3. The summed E-state index contributed by atoms with van der Waals surface area (Å²) in [6, 6.07) is 16.9. The Bertz CT molecular complexity index is 1250. The average Bonchev–Trinajstić information content (AvgIpc) is 3.10. The Morgan fingerprint density at radius 1 is 0.811 bits per heavy atom. The molecule has 3 aromatic rings. The van der Waals surface area contributed by atoms with E-state index < -0.39 is 52.8 Å². The zero-order valence-corrected chi connectivity index (χ0v) is 23.8. The summed E-state index contributed by atoms with van der Waals surface area (Å²) in [5.74, 6) is -0.925. The number of aryl methyl sites for hydroxylation is 2. The Balaban J connectivity index is 2.29. The second kappa shape index (κ2) is 9.09. The van der Waals surface area contributed by atoms with E-state index in [-0.39, 0.29) is 16.4 Å². The molecule has 0 radical (unpaired) electrons. The molecule has 0 spiro atoms. The van der Waals surface area contributed by atoms with Crippen LogP contribution in [0.4, 0.5) is 26.3 Å². The molecule has 0 saturated heterocycles. The van der Waals surface area contributed by atoms with Crippen molar-refractivity contribution in [2.75, 3.05) is 6.61 Å². The summed E-state index contributed by atoms with van der Waals surface area (Å²) >= 11 is -6.72. The molecule has 1 aliphatic rings. The van der Waals surface area contributed by atoms with E-state index in [0.717, 1.165) is 23.3 Å². The van der Waals surface area contributed by atoms with Crippen LogP contribution < -0.4 is 9.81 Å². The summed E-state index contributed by atoms with van der Waals surface area (Å²) in [5, 5.41) is 0. The molecule has 0 unspecified atom stereocenters. The monoisotopic (exact) mass is 720 g/mol. The molecule has 3 nitrogen and oxygen atoms in total. The number of hydrogen-bond donors (Lipinski definition) is 0. The van der Waals surface area contributed by atoms with Crippen molar-refractivity contribution in [2.24, 2.45) is 0 Å². The zero-order chi connectivity index (χ0) is 27.3. The Morgan fingerprint density at radius 3 is 1.70 bits per heavy atom. The molecule has 37 heavy (non-hydrogen) atoms. The third-order valence-corrected chi connectivity index (χ3v) is 29.1. The first-order valence-corrected chi connectivity index (χ1v) is 20.6. The van der Waals surface area contributed by atoms with Crippen LogP contribution in [0.25, 0.3) is 0 Å². The molecule has 4 rings (SSSR count). The Morgan fingerprint density at radius 2 is 1.27 bits per heavy atom. The number of alkyl halides is 6. The van der Waals surface area contributed by atoms with Crippen LogP contribution in [0.1, 0.15) is 23.6 Å². The van der Waals surface area contributed by atoms with Gasteiger partial charge in [0, 0.05) is 0 Å². The molecule has 0 atom stereocenters. The van der Waals surface area contributed by atoms with Crippen LogP contribution in [0, 0.1) is 13.8 Å². The number of ether oxygens (including phenoxy) is 1. The fourth-order valence-corrected chi connectivity index (χ4v) is 28.3. The minimum absolute atomic E-state index is 0.0993. The number of benzene rings is 3. The molecule has 3 aromatic carbocycles. The van der Waals surface area contributed by atoms with E-state index >= 15 is 0 Å². The number of hydrogen-bond acceptors (Lipinski definition) is 3. The number of rotatable bonds is 5. The third kappa shape index (κ3) is 3.90. The van der Waals surface area contributed by atoms with Crippen molar-refractivity contribution in [3.05, 3.63) is 89.5 Å². The van der Waals surface area contributed by atoms with Gasteiger partial charge in [0.25, 0.3) is 0 Å². The Kier molecular flexibility index (Phi) is 6.77. The summed E-state index contributed by atoms with van der Waals surface area (Å²) in [4.78, 5) is 13.2. The summed E-state index contributed by atoms with van der Waals surface area (Å²) in [6.07, 6.45) is -11.8. The van der Waals surface area contributed by atoms with Crippen LogP contribution in [0.2, 0.25) is 4.13 Å². The first-order chi connectivity index (χ1) is 17.2. The van der Waals surface area contributed by atoms with Gasteiger partial charge in [-0.25, -0.2) is 0 Å². The van der Waals surface area contributed by atoms with Crippen molar-refractivity contribution in [1.82, 2.24) is 0 Å². The van der Waals surface area contributed by atoms with Crippen molar-refractivity contribution < 1.29 is 38.7 Å². The van der Waals surface area contributed by atoms with E-state index in [1.165, 1.54) is 43.3 Å². The van der Waals surface area contributed by atoms with Gasteiger partial charge >= 0.3 is 213 Å². The first-order valence-electron chi connectivity index (χ1n) is 11.5. The van der Waals surface area contributed by atoms with Crippen LogP contribution in [0.3, 0.4) is 0 Å². The Hall–Kier alpha value is -2.45. The molecular formula is C27H25BiF6O3. The summed E-state index contributed by atoms with van der Waals surface area (Å²) < 4.78 is 99.3. The van der Waals surface area contributed by atoms with Gasteiger partial charge in [0.1, 0.15) is 0 Å². The molecule has 0 saturated carbocycles. The van der Waals surface area contributed by atoms with Crippen molar-refractivity contribution in [3.63, 3.8) is 0 Å². The number of esters is 1. The second-order valence-corrected chi connectivity index (χ2v) is 26.4. The van der Waals surface area contributed by atoms with Gasteiger partial charge < -0.3 is 0 Å². The normalized spacial score (nSPS) is 18.9. The molecule has 0 bridgehead atoms. The number of carbonyl (C=O) groups is 1. The minimum atomic E-state index is -6.72. The van der Waals surface area contributed by atoms with Crippen LogP contribution >= 0.6 is 0 Å². The molecular weight excluding hydrogens is 695 g/mol. The molecule has 1 aliphatic heterocycles. The van der Waals surface area contributed by atoms with E-state index in [1.807, 2.05) is 0 Å². The van der Waals surface area contributed by atoms with Crippen LogP contribution in [0.15, 0.2) is 72.8 Å². The fourth-order valence-electron chi connectivity index (χ4n) is 5.16. The molecule has 0 fully saturated rings. The van der Waals surface area contributed by atoms with Gasteiger partial charge in [0.15, 0.2) is 0 Å². The second-order valence-electron chi connectivity index (χ2n) is 9.13. The van der Waals surface area contributed by atoms with Crippen molar-refractivity contribution in [3.8, 4) is 0 Å². The summed E-state index contributed by atoms with van der Waals surface area (Å²) in [5.41, 5.74) is -4.19. The number of fused-ring (bicyclic) bond motifs is 1. The SMILES string of the molecule is CCOC(=O)[CH2][Bi]1([c]2ccc(C)cc2)([c]2ccc(C)cc2)[O]C(C(F)(F)F)(C(F)(F)F)c2cccc[c]21. The van der Waals surface area contributed by atoms with Gasteiger partial charge in [-0.1, -0.05) is 0 Å². The predicted molar refractivity (Wildman–Crippen MR) is 130 cm³/mol. The van der Waals surface area contributed by atoms with Gasteiger partial charge in [-0.2, -0.15) is 0 Å². The molecule has 0 amide bonds. The number of carbonyl (C=O) groups excluding carboxylic acids is 1. The Labute approximate surface area is 212 Å². The molecule has 1 heterocycles. The molecule has 0 aromatic heterocycles. The van der Waals surface area contributed by atoms with Gasteiger partial charge in [0.2, 0.25) is 0 Å². The van der Waals surface area contributed by atoms with Gasteiger partial charge in [-0.05, 0) is 0 Å². The van der Waals surface area contributed by atoms with Crippen LogP contribution in [-0.4, -0.2) is 44.2 Å². The van der Waals surface area contributed by atoms with Gasteiger partial charge in [0.05, 0.1) is 0 Å². The maximum atomic E-state index is 14.8. The molecule has 0 N–H and O–H groups in total. The standard InChI is InChI=1S/C9H4F6O.2C7H7.C4H7O2.Bi/c10-8(11,12)7(16,9(13,14)15)6-4-2-1-3-5-6;2*1-7-5-3-2-4-6-7;1-3-6-4(2)5;/h1-4H;2*3-6H,1H3;2-3H2,1H3;/q-1;;;;+1. The van der Waals surface area contributed by atoms with E-state index in [1.54, 1.807) is 38.1 Å². The fraction of sp³-hybridized carbons (Fsp3) is 0.296. The van der Waals surface area contributed by atoms with Crippen molar-refractivity contribution >= 4 is 35.0 Å². The van der Waals surface area contributed by atoms with Gasteiger partial charge in [-0.15, -0.1) is 0 Å². The summed E-state index contributed by atoms with van der Waals surface area (Å²) in [7, 11) is 0. The van der Waals surface area contributed by atoms with Crippen molar-refractivity contribution in [2.45, 2.75) is 42.9 Å². The molecule has 198 valence electrons. The van der Waals surface area contributed by atoms with E-state index in [4.69, 9.17) is 7.55 Å². The van der Waals surface area contributed by atoms with Gasteiger partial charge in [-0.3, -0.25) is 0 Å². The molecule has 0 aliphatic carbocycles. The maximum absolute atomic E-state index is 14.8. The third-order valence-electron chi connectivity index (χ3n) is 6.83. The van der Waals surface area contributed by atoms with Crippen LogP contribution in [0.5, 0.6) is 0 Å². The van der Waals surface area contributed by atoms with E-state index in [0.29, 0.717) is 0 Å². The first kappa shape index (κ1) is 27.6. The molecule has 10 heteroatoms. The topological polar surface area (TPSA) is 35.5 Å². The van der Waals surface area contributed by atoms with Crippen molar-refractivity contribution in [1.29, 1.82) is 0 Å². The van der Waals surface area contributed by atoms with Crippen LogP contribution in [-0.2, 0) is 17.9 Å². The quantitative estimate of drug-likeness (QED) is 0.208. The number of halogens is 6. The average molecular weight is 720 g/mol. The van der Waals surface area contributed by atoms with E-state index in [2.05, 4.69) is 0 Å². The van der Waals surface area contributed by atoms with E-state index in [9.17, 15) is 31.1 Å².